The fraction of sp³-hybridized carbons (Fsp3) is 0.261. The molecule has 0 aliphatic heterocycles. The fourth-order valence-corrected chi connectivity index (χ4v) is 5.20. The molecule has 172 valence electrons. The topological polar surface area (TPSA) is 103 Å². The maximum absolute atomic E-state index is 12.7. The number of nitrogens with one attached hydrogen (secondary N) is 1. The van der Waals surface area contributed by atoms with Crippen LogP contribution in [0.3, 0.4) is 0 Å². The Kier molecular flexibility index (Phi) is 6.48. The van der Waals surface area contributed by atoms with Gasteiger partial charge >= 0.3 is 0 Å². The van der Waals surface area contributed by atoms with E-state index in [1.165, 1.54) is 23.5 Å². The summed E-state index contributed by atoms with van der Waals surface area (Å²) in [5.41, 5.74) is 2.21. The van der Waals surface area contributed by atoms with E-state index in [4.69, 9.17) is 9.72 Å². The lowest BCUT2D eigenvalue weighted by molar-refractivity contribution is -0.115. The summed E-state index contributed by atoms with van der Waals surface area (Å²) in [6.45, 7) is 5.91. The normalized spacial score (nSPS) is 11.6. The summed E-state index contributed by atoms with van der Waals surface area (Å²) >= 11 is 1.46. The van der Waals surface area contributed by atoms with Gasteiger partial charge in [-0.2, -0.15) is 9.78 Å². The smallest absolute Gasteiger partial charge is 0.229 e. The Balaban J connectivity index is 1.55. The van der Waals surface area contributed by atoms with Crippen LogP contribution in [-0.4, -0.2) is 41.4 Å². The van der Waals surface area contributed by atoms with E-state index >= 15 is 0 Å². The Morgan fingerprint density at radius 2 is 1.91 bits per heavy atom. The Labute approximate surface area is 196 Å². The third-order valence-electron chi connectivity index (χ3n) is 4.98. The van der Waals surface area contributed by atoms with Crippen LogP contribution in [0.25, 0.3) is 15.3 Å². The van der Waals surface area contributed by atoms with Crippen LogP contribution in [0.1, 0.15) is 25.1 Å². The van der Waals surface area contributed by atoms with Crippen molar-refractivity contribution in [1.82, 2.24) is 14.8 Å². The minimum absolute atomic E-state index is 0.0357. The standard InChI is InChI=1S/C23H24N4O4S2/c1-4-31-18-7-6-8-19-22(18)25-23(32-19)27-20(13-15(3)26-27)24-21(28)14-16-9-11-17(12-10-16)33(29,30)5-2/h6-13H,4-5,14H2,1-3H3,(H,24,28). The number of para-hydroxylation sites is 1. The zero-order valence-electron chi connectivity index (χ0n) is 18.5. The van der Waals surface area contributed by atoms with Crippen molar-refractivity contribution in [2.75, 3.05) is 17.7 Å². The lowest BCUT2D eigenvalue weighted by Gasteiger charge is -2.07. The predicted molar refractivity (Wildman–Crippen MR) is 129 cm³/mol. The first-order chi connectivity index (χ1) is 15.8. The zero-order chi connectivity index (χ0) is 23.6. The number of carbonyl (C=O) groups excluding carboxylic acids is 1. The molecule has 10 heteroatoms. The molecule has 2 aromatic heterocycles. The number of thiazole rings is 1. The van der Waals surface area contributed by atoms with Crippen LogP contribution in [-0.2, 0) is 21.1 Å². The molecule has 0 saturated carbocycles. The molecule has 0 aliphatic rings. The summed E-state index contributed by atoms with van der Waals surface area (Å²) in [5.74, 6) is 1.02. The van der Waals surface area contributed by atoms with Crippen molar-refractivity contribution in [3.05, 3.63) is 59.8 Å². The number of aromatic nitrogens is 3. The van der Waals surface area contributed by atoms with E-state index < -0.39 is 9.84 Å². The SMILES string of the molecule is CCOc1cccc2sc(-n3nc(C)cc3NC(=O)Cc3ccc(S(=O)(=O)CC)cc3)nc12. The van der Waals surface area contributed by atoms with Crippen LogP contribution in [0.5, 0.6) is 5.75 Å². The average Bonchev–Trinajstić information content (AvgIpc) is 3.38. The summed E-state index contributed by atoms with van der Waals surface area (Å²) in [6.07, 6.45) is 0.102. The second-order valence-corrected chi connectivity index (χ2v) is 10.7. The molecule has 1 N–H and O–H groups in total. The maximum atomic E-state index is 12.7. The number of amides is 1. The number of fused-ring (bicyclic) bond motifs is 1. The lowest BCUT2D eigenvalue weighted by Crippen LogP contribution is -2.17. The fourth-order valence-electron chi connectivity index (χ4n) is 3.36. The molecule has 0 atom stereocenters. The van der Waals surface area contributed by atoms with E-state index in [-0.39, 0.29) is 23.0 Å². The number of carbonyl (C=O) groups is 1. The molecule has 0 radical (unpaired) electrons. The van der Waals surface area contributed by atoms with Crippen LogP contribution in [0, 0.1) is 6.92 Å². The number of rotatable bonds is 8. The summed E-state index contributed by atoms with van der Waals surface area (Å²) in [7, 11) is -3.27. The molecular weight excluding hydrogens is 460 g/mol. The number of anilines is 1. The number of sulfone groups is 1. The van der Waals surface area contributed by atoms with Crippen LogP contribution in [0.15, 0.2) is 53.4 Å². The van der Waals surface area contributed by atoms with E-state index in [9.17, 15) is 13.2 Å². The Morgan fingerprint density at radius 1 is 1.15 bits per heavy atom. The highest BCUT2D eigenvalue weighted by Gasteiger charge is 2.17. The van der Waals surface area contributed by atoms with Gasteiger partial charge in [0.1, 0.15) is 17.1 Å². The molecule has 0 unspecified atom stereocenters. The van der Waals surface area contributed by atoms with Crippen molar-refractivity contribution in [1.29, 1.82) is 0 Å². The van der Waals surface area contributed by atoms with Gasteiger partial charge in [-0.25, -0.2) is 13.4 Å². The molecule has 2 heterocycles. The number of hydrogen-bond acceptors (Lipinski definition) is 7. The second kappa shape index (κ2) is 9.32. The summed E-state index contributed by atoms with van der Waals surface area (Å²) in [5, 5.41) is 8.02. The maximum Gasteiger partial charge on any atom is 0.229 e. The highest BCUT2D eigenvalue weighted by atomic mass is 32.2. The summed E-state index contributed by atoms with van der Waals surface area (Å²) < 4.78 is 32.2. The number of hydrogen-bond donors (Lipinski definition) is 1. The van der Waals surface area contributed by atoms with Crippen LogP contribution >= 0.6 is 11.3 Å². The van der Waals surface area contributed by atoms with Gasteiger partial charge in [0.05, 0.1) is 34.1 Å². The zero-order valence-corrected chi connectivity index (χ0v) is 20.2. The van der Waals surface area contributed by atoms with Crippen molar-refractivity contribution in [3.8, 4) is 10.9 Å². The van der Waals surface area contributed by atoms with Gasteiger partial charge in [-0.15, -0.1) is 0 Å². The van der Waals surface area contributed by atoms with Crippen LogP contribution in [0.2, 0.25) is 0 Å². The van der Waals surface area contributed by atoms with Crippen molar-refractivity contribution < 1.29 is 17.9 Å². The van der Waals surface area contributed by atoms with Gasteiger partial charge in [0.25, 0.3) is 0 Å². The first-order valence-electron chi connectivity index (χ1n) is 10.5. The molecule has 4 aromatic rings. The van der Waals surface area contributed by atoms with Crippen LogP contribution in [0.4, 0.5) is 5.82 Å². The number of ether oxygens (including phenoxy) is 1. The minimum Gasteiger partial charge on any atom is -0.492 e. The lowest BCUT2D eigenvalue weighted by atomic mass is 10.1. The van der Waals surface area contributed by atoms with Crippen molar-refractivity contribution >= 4 is 43.1 Å². The predicted octanol–water partition coefficient (Wildman–Crippen LogP) is 4.16. The number of nitrogens with zero attached hydrogens (tertiary/aromatic N) is 3. The Bertz CT molecular complexity index is 1410. The number of aryl methyl sites for hydroxylation is 1. The van der Waals surface area contributed by atoms with E-state index in [0.717, 1.165) is 15.9 Å². The summed E-state index contributed by atoms with van der Waals surface area (Å²) in [6, 6.07) is 13.9. The highest BCUT2D eigenvalue weighted by molar-refractivity contribution is 7.91. The average molecular weight is 485 g/mol. The third kappa shape index (κ3) is 4.91. The van der Waals surface area contributed by atoms with Gasteiger partial charge in [-0.1, -0.05) is 36.5 Å². The van der Waals surface area contributed by atoms with Gasteiger partial charge in [-0.3, -0.25) is 4.79 Å². The van der Waals surface area contributed by atoms with E-state index in [0.29, 0.717) is 28.9 Å². The first-order valence-corrected chi connectivity index (χ1v) is 13.0. The monoisotopic (exact) mass is 484 g/mol. The molecule has 0 spiro atoms. The van der Waals surface area contributed by atoms with E-state index in [1.54, 1.807) is 29.8 Å². The molecule has 0 saturated heterocycles. The number of benzene rings is 2. The molecule has 0 aliphatic carbocycles. The molecule has 0 fully saturated rings. The molecule has 1 amide bonds. The van der Waals surface area contributed by atoms with Crippen molar-refractivity contribution in [2.24, 2.45) is 0 Å². The third-order valence-corrected chi connectivity index (χ3v) is 7.72. The van der Waals surface area contributed by atoms with Crippen molar-refractivity contribution in [2.45, 2.75) is 32.1 Å². The first kappa shape index (κ1) is 22.9. The van der Waals surface area contributed by atoms with E-state index in [1.807, 2.05) is 32.0 Å². The molecule has 0 bridgehead atoms. The Hall–Kier alpha value is -3.24. The minimum atomic E-state index is -3.27. The molecule has 4 rings (SSSR count). The molecule has 2 aromatic carbocycles. The van der Waals surface area contributed by atoms with Gasteiger partial charge < -0.3 is 10.1 Å². The van der Waals surface area contributed by atoms with Gasteiger partial charge in [-0.05, 0) is 43.7 Å². The van der Waals surface area contributed by atoms with Crippen LogP contribution < -0.4 is 10.1 Å². The van der Waals surface area contributed by atoms with Gasteiger partial charge in [0.15, 0.2) is 9.84 Å². The summed E-state index contributed by atoms with van der Waals surface area (Å²) in [4.78, 5) is 17.7. The highest BCUT2D eigenvalue weighted by Crippen LogP contribution is 2.32. The molecular formula is C23H24N4O4S2. The molecule has 8 nitrogen and oxygen atoms in total. The molecule has 33 heavy (non-hydrogen) atoms. The van der Waals surface area contributed by atoms with E-state index in [2.05, 4.69) is 10.4 Å². The van der Waals surface area contributed by atoms with Crippen molar-refractivity contribution in [3.63, 3.8) is 0 Å². The second-order valence-electron chi connectivity index (χ2n) is 7.39. The quantitative estimate of drug-likeness (QED) is 0.403. The Morgan fingerprint density at radius 3 is 2.61 bits per heavy atom. The largest absolute Gasteiger partial charge is 0.492 e. The van der Waals surface area contributed by atoms with Gasteiger partial charge in [0, 0.05) is 6.07 Å². The van der Waals surface area contributed by atoms with Gasteiger partial charge in [0.2, 0.25) is 11.0 Å².